The zero-order chi connectivity index (χ0) is 11.4. The second-order valence-corrected chi connectivity index (χ2v) is 3.67. The number of aliphatic hydroxyl groups excluding tert-OH is 1. The van der Waals surface area contributed by atoms with Crippen molar-refractivity contribution in [3.63, 3.8) is 0 Å². The van der Waals surface area contributed by atoms with Crippen molar-refractivity contribution in [1.82, 2.24) is 4.98 Å². The van der Waals surface area contributed by atoms with Crippen LogP contribution in [0.25, 0.3) is 0 Å². The first kappa shape index (κ1) is 10.8. The van der Waals surface area contributed by atoms with Crippen molar-refractivity contribution in [2.45, 2.75) is 19.1 Å². The number of pyridine rings is 1. The minimum atomic E-state index is -0.601. The van der Waals surface area contributed by atoms with Gasteiger partial charge in [0.2, 0.25) is 0 Å². The molecule has 16 heavy (non-hydrogen) atoms. The van der Waals surface area contributed by atoms with E-state index in [2.05, 4.69) is 9.98 Å². The normalized spacial score (nSPS) is 23.6. The number of hydrogen-bond donors (Lipinski definition) is 1. The molecule has 0 radical (unpaired) electrons. The van der Waals surface area contributed by atoms with Crippen molar-refractivity contribution in [2.24, 2.45) is 4.99 Å². The Morgan fingerprint density at radius 1 is 1.38 bits per heavy atom. The van der Waals surface area contributed by atoms with Crippen molar-refractivity contribution in [3.8, 4) is 0 Å². The van der Waals surface area contributed by atoms with Gasteiger partial charge >= 0.3 is 0 Å². The van der Waals surface area contributed by atoms with E-state index in [-0.39, 0.29) is 6.04 Å². The van der Waals surface area contributed by atoms with Gasteiger partial charge in [0.15, 0.2) is 0 Å². The Balaban J connectivity index is 2.18. The number of nitrogens with zero attached hydrogens (tertiary/aromatic N) is 2. The van der Waals surface area contributed by atoms with Crippen LogP contribution in [0.5, 0.6) is 0 Å². The van der Waals surface area contributed by atoms with E-state index in [1.54, 1.807) is 12.3 Å². The molecule has 0 aromatic carbocycles. The predicted molar refractivity (Wildman–Crippen MR) is 64.4 cm³/mol. The van der Waals surface area contributed by atoms with Crippen LogP contribution in [0, 0.1) is 0 Å². The van der Waals surface area contributed by atoms with E-state index < -0.39 is 6.10 Å². The number of allylic oxidation sites excluding steroid dienone is 2. The van der Waals surface area contributed by atoms with E-state index in [0.29, 0.717) is 5.71 Å². The van der Waals surface area contributed by atoms with Gasteiger partial charge in [-0.3, -0.25) is 9.98 Å². The summed E-state index contributed by atoms with van der Waals surface area (Å²) in [5, 5.41) is 9.68. The fourth-order valence-electron chi connectivity index (χ4n) is 1.55. The van der Waals surface area contributed by atoms with Gasteiger partial charge in [-0.2, -0.15) is 0 Å². The van der Waals surface area contributed by atoms with Gasteiger partial charge in [0.05, 0.1) is 17.4 Å². The van der Waals surface area contributed by atoms with Crippen LogP contribution in [-0.4, -0.2) is 21.9 Å². The van der Waals surface area contributed by atoms with Crippen LogP contribution in [0.3, 0.4) is 0 Å². The molecule has 0 saturated heterocycles. The summed E-state index contributed by atoms with van der Waals surface area (Å²) in [4.78, 5) is 8.69. The zero-order valence-electron chi connectivity index (χ0n) is 9.12. The number of aromatic nitrogens is 1. The topological polar surface area (TPSA) is 45.5 Å². The van der Waals surface area contributed by atoms with Gasteiger partial charge in [0, 0.05) is 6.20 Å². The Morgan fingerprint density at radius 3 is 2.94 bits per heavy atom. The van der Waals surface area contributed by atoms with Crippen LogP contribution in [0.15, 0.2) is 53.7 Å². The van der Waals surface area contributed by atoms with Gasteiger partial charge in [-0.1, -0.05) is 24.3 Å². The molecule has 2 rings (SSSR count). The van der Waals surface area contributed by atoms with Gasteiger partial charge < -0.3 is 5.11 Å². The highest BCUT2D eigenvalue weighted by Crippen LogP contribution is 2.15. The number of hydrogen-bond acceptors (Lipinski definition) is 3. The molecule has 0 spiro atoms. The first-order valence-electron chi connectivity index (χ1n) is 5.29. The van der Waals surface area contributed by atoms with Gasteiger partial charge in [-0.15, -0.1) is 0 Å². The maximum absolute atomic E-state index is 9.68. The molecule has 2 atom stereocenters. The summed E-state index contributed by atoms with van der Waals surface area (Å²) in [6.45, 7) is 1.97. The van der Waals surface area contributed by atoms with Crippen molar-refractivity contribution in [2.75, 3.05) is 0 Å². The van der Waals surface area contributed by atoms with Crippen molar-refractivity contribution in [3.05, 3.63) is 54.4 Å². The minimum Gasteiger partial charge on any atom is -0.383 e. The summed E-state index contributed by atoms with van der Waals surface area (Å²) < 4.78 is 0. The summed E-state index contributed by atoms with van der Waals surface area (Å²) in [6, 6.07) is 5.71. The molecule has 82 valence electrons. The molecule has 1 aliphatic carbocycles. The van der Waals surface area contributed by atoms with E-state index in [9.17, 15) is 5.11 Å². The van der Waals surface area contributed by atoms with Gasteiger partial charge in [0.25, 0.3) is 0 Å². The predicted octanol–water partition coefficient (Wildman–Crippen LogP) is 2.07. The molecule has 0 fully saturated rings. The lowest BCUT2D eigenvalue weighted by molar-refractivity contribution is 0.288. The Morgan fingerprint density at radius 2 is 2.25 bits per heavy atom. The number of aliphatic hydroxyl groups is 1. The molecule has 0 saturated carbocycles. The zero-order valence-corrected chi connectivity index (χ0v) is 9.12. The summed E-state index contributed by atoms with van der Waals surface area (Å²) in [7, 11) is 0. The van der Waals surface area contributed by atoms with Crippen molar-refractivity contribution >= 4 is 5.71 Å². The number of aliphatic imine (C=N–C) groups is 1. The molecule has 3 heteroatoms. The van der Waals surface area contributed by atoms with Gasteiger partial charge in [-0.25, -0.2) is 0 Å². The van der Waals surface area contributed by atoms with Crippen molar-refractivity contribution < 1.29 is 5.11 Å². The molecular formula is C13H14N2O. The van der Waals surface area contributed by atoms with E-state index >= 15 is 0 Å². The molecule has 0 amide bonds. The summed E-state index contributed by atoms with van der Waals surface area (Å²) in [5.74, 6) is 0. The Labute approximate surface area is 94.9 Å². The first-order chi connectivity index (χ1) is 7.77. The molecule has 1 N–H and O–H groups in total. The van der Waals surface area contributed by atoms with Crippen LogP contribution in [0.1, 0.15) is 18.7 Å². The fourth-order valence-corrected chi connectivity index (χ4v) is 1.55. The summed E-state index contributed by atoms with van der Waals surface area (Å²) >= 11 is 0. The molecule has 2 unspecified atom stereocenters. The van der Waals surface area contributed by atoms with E-state index in [4.69, 9.17) is 0 Å². The smallest absolute Gasteiger partial charge is 0.114 e. The molecule has 0 bridgehead atoms. The number of rotatable bonds is 2. The van der Waals surface area contributed by atoms with E-state index in [1.807, 2.05) is 43.4 Å². The molecular weight excluding hydrogens is 200 g/mol. The monoisotopic (exact) mass is 214 g/mol. The quantitative estimate of drug-likeness (QED) is 0.819. The lowest BCUT2D eigenvalue weighted by Crippen LogP contribution is -2.18. The average molecular weight is 214 g/mol. The Kier molecular flexibility index (Phi) is 3.27. The third-order valence-electron chi connectivity index (χ3n) is 2.43. The van der Waals surface area contributed by atoms with Gasteiger partial charge in [-0.05, 0) is 25.1 Å². The fraction of sp³-hybridized carbons (Fsp3) is 0.231. The third kappa shape index (κ3) is 2.44. The molecule has 1 aromatic rings. The molecule has 1 aromatic heterocycles. The Hall–Kier alpha value is -1.74. The first-order valence-corrected chi connectivity index (χ1v) is 5.29. The summed E-state index contributed by atoms with van der Waals surface area (Å²) in [5.41, 5.74) is 1.59. The van der Waals surface area contributed by atoms with Crippen molar-refractivity contribution in [1.29, 1.82) is 0 Å². The van der Waals surface area contributed by atoms with E-state index in [1.165, 1.54) is 0 Å². The maximum atomic E-state index is 9.68. The lowest BCUT2D eigenvalue weighted by atomic mass is 10.1. The van der Waals surface area contributed by atoms with Crippen LogP contribution in [0.2, 0.25) is 0 Å². The largest absolute Gasteiger partial charge is 0.383 e. The van der Waals surface area contributed by atoms with Crippen LogP contribution >= 0.6 is 0 Å². The molecule has 1 heterocycles. The SMILES string of the molecule is CC(N=C1C=CC=CC1O)c1ccccn1. The van der Waals surface area contributed by atoms with Crippen LogP contribution in [-0.2, 0) is 0 Å². The molecule has 0 aliphatic heterocycles. The second kappa shape index (κ2) is 4.86. The van der Waals surface area contributed by atoms with E-state index in [0.717, 1.165) is 5.69 Å². The third-order valence-corrected chi connectivity index (χ3v) is 2.43. The lowest BCUT2D eigenvalue weighted by Gasteiger charge is -2.12. The van der Waals surface area contributed by atoms with Crippen LogP contribution in [0.4, 0.5) is 0 Å². The second-order valence-electron chi connectivity index (χ2n) is 3.67. The standard InChI is InChI=1S/C13H14N2O/c1-10(11-6-4-5-9-14-11)15-12-7-2-3-8-13(12)16/h2-10,13,16H,1H3. The highest BCUT2D eigenvalue weighted by Gasteiger charge is 2.11. The molecule has 1 aliphatic rings. The summed E-state index contributed by atoms with van der Waals surface area (Å²) in [6.07, 6.45) is 8.37. The highest BCUT2D eigenvalue weighted by molar-refractivity contribution is 6.01. The van der Waals surface area contributed by atoms with Gasteiger partial charge in [0.1, 0.15) is 6.10 Å². The van der Waals surface area contributed by atoms with Crippen LogP contribution < -0.4 is 0 Å². The maximum Gasteiger partial charge on any atom is 0.114 e. The average Bonchev–Trinajstić information content (AvgIpc) is 2.33. The molecule has 3 nitrogen and oxygen atoms in total. The minimum absolute atomic E-state index is 0.0398. The highest BCUT2D eigenvalue weighted by atomic mass is 16.3. The Bertz CT molecular complexity index is 435.